The Bertz CT molecular complexity index is 760. The van der Waals surface area contributed by atoms with Crippen LogP contribution >= 0.6 is 0 Å². The Balaban J connectivity index is 2.12. The molecule has 2 aromatic carbocycles. The molecular formula is C17H18N2O5. The summed E-state index contributed by atoms with van der Waals surface area (Å²) < 4.78 is 10.8. The molecule has 0 aliphatic rings. The Morgan fingerprint density at radius 3 is 2.46 bits per heavy atom. The number of anilines is 1. The number of nitrogens with one attached hydrogen (secondary N) is 1. The van der Waals surface area contributed by atoms with Gasteiger partial charge in [-0.05, 0) is 32.0 Å². The maximum Gasteiger partial charge on any atom is 0.274 e. The molecule has 1 atom stereocenters. The highest BCUT2D eigenvalue weighted by Crippen LogP contribution is 2.28. The maximum atomic E-state index is 12.3. The lowest BCUT2D eigenvalue weighted by molar-refractivity contribution is -0.385. The highest BCUT2D eigenvalue weighted by atomic mass is 16.6. The van der Waals surface area contributed by atoms with Crippen molar-refractivity contribution in [3.8, 4) is 11.5 Å². The molecule has 0 unspecified atom stereocenters. The van der Waals surface area contributed by atoms with E-state index in [2.05, 4.69) is 5.32 Å². The van der Waals surface area contributed by atoms with Crippen LogP contribution in [0.25, 0.3) is 0 Å². The summed E-state index contributed by atoms with van der Waals surface area (Å²) in [5.74, 6) is 0.548. The van der Waals surface area contributed by atoms with E-state index in [0.717, 1.165) is 0 Å². The second kappa shape index (κ2) is 7.45. The molecular weight excluding hydrogens is 312 g/mol. The standard InChI is InChI=1S/C17H18N2O5/c1-11-13(7-6-8-14(11)19(21)22)18-17(20)12(2)24-16-10-5-4-9-15(16)23-3/h4-10,12H,1-3H3,(H,18,20)/t12-/m0/s1. The van der Waals surface area contributed by atoms with Crippen molar-refractivity contribution >= 4 is 17.3 Å². The summed E-state index contributed by atoms with van der Waals surface area (Å²) in [5.41, 5.74) is 0.719. The second-order valence-corrected chi connectivity index (χ2v) is 5.11. The quantitative estimate of drug-likeness (QED) is 0.648. The van der Waals surface area contributed by atoms with Gasteiger partial charge in [-0.2, -0.15) is 0 Å². The van der Waals surface area contributed by atoms with E-state index in [1.54, 1.807) is 44.2 Å². The molecule has 0 heterocycles. The minimum absolute atomic E-state index is 0.0499. The van der Waals surface area contributed by atoms with Gasteiger partial charge in [0.2, 0.25) is 0 Å². The van der Waals surface area contributed by atoms with Crippen molar-refractivity contribution in [1.29, 1.82) is 0 Å². The number of para-hydroxylation sites is 2. The normalized spacial score (nSPS) is 11.5. The van der Waals surface area contributed by atoms with E-state index < -0.39 is 16.9 Å². The third kappa shape index (κ3) is 3.81. The van der Waals surface area contributed by atoms with Crippen molar-refractivity contribution < 1.29 is 19.2 Å². The largest absolute Gasteiger partial charge is 0.493 e. The minimum atomic E-state index is -0.806. The summed E-state index contributed by atoms with van der Waals surface area (Å²) in [5, 5.41) is 13.6. The number of amides is 1. The van der Waals surface area contributed by atoms with Crippen LogP contribution in [-0.4, -0.2) is 24.0 Å². The van der Waals surface area contributed by atoms with Gasteiger partial charge in [0.15, 0.2) is 17.6 Å². The number of nitro groups is 1. The number of carbonyl (C=O) groups excluding carboxylic acids is 1. The molecule has 2 rings (SSSR count). The van der Waals surface area contributed by atoms with E-state index in [4.69, 9.17) is 9.47 Å². The van der Waals surface area contributed by atoms with Crippen LogP contribution in [0.15, 0.2) is 42.5 Å². The number of hydrogen-bond donors (Lipinski definition) is 1. The molecule has 0 fully saturated rings. The Kier molecular flexibility index (Phi) is 5.36. The monoisotopic (exact) mass is 330 g/mol. The first-order chi connectivity index (χ1) is 11.4. The third-order valence-electron chi connectivity index (χ3n) is 3.50. The molecule has 1 amide bonds. The van der Waals surface area contributed by atoms with Gasteiger partial charge < -0.3 is 14.8 Å². The number of benzene rings is 2. The van der Waals surface area contributed by atoms with E-state index in [1.165, 1.54) is 19.2 Å². The van der Waals surface area contributed by atoms with Gasteiger partial charge in [-0.15, -0.1) is 0 Å². The molecule has 2 aromatic rings. The fourth-order valence-electron chi connectivity index (χ4n) is 2.15. The predicted octanol–water partition coefficient (Wildman–Crippen LogP) is 3.32. The zero-order valence-corrected chi connectivity index (χ0v) is 13.6. The number of nitrogens with zero attached hydrogens (tertiary/aromatic N) is 1. The lowest BCUT2D eigenvalue weighted by atomic mass is 10.1. The molecule has 24 heavy (non-hydrogen) atoms. The summed E-state index contributed by atoms with van der Waals surface area (Å²) in [7, 11) is 1.51. The van der Waals surface area contributed by atoms with Crippen LogP contribution in [0.4, 0.5) is 11.4 Å². The summed E-state index contributed by atoms with van der Waals surface area (Å²) in [6.07, 6.45) is -0.806. The minimum Gasteiger partial charge on any atom is -0.493 e. The molecule has 7 nitrogen and oxygen atoms in total. The Labute approximate surface area is 139 Å². The molecule has 0 aliphatic carbocycles. The first-order valence-corrected chi connectivity index (χ1v) is 7.28. The fraction of sp³-hybridized carbons (Fsp3) is 0.235. The number of carbonyl (C=O) groups is 1. The molecule has 0 bridgehead atoms. The van der Waals surface area contributed by atoms with Crippen LogP contribution in [-0.2, 0) is 4.79 Å². The number of hydrogen-bond acceptors (Lipinski definition) is 5. The second-order valence-electron chi connectivity index (χ2n) is 5.11. The number of methoxy groups -OCH3 is 1. The average Bonchev–Trinajstić information content (AvgIpc) is 2.56. The Hall–Kier alpha value is -3.09. The smallest absolute Gasteiger partial charge is 0.274 e. The van der Waals surface area contributed by atoms with Crippen molar-refractivity contribution in [3.05, 3.63) is 58.1 Å². The molecule has 1 N–H and O–H groups in total. The highest BCUT2D eigenvalue weighted by Gasteiger charge is 2.20. The molecule has 7 heteroatoms. The van der Waals surface area contributed by atoms with Crippen LogP contribution in [0.2, 0.25) is 0 Å². The zero-order chi connectivity index (χ0) is 17.7. The van der Waals surface area contributed by atoms with Crippen molar-refractivity contribution in [3.63, 3.8) is 0 Å². The van der Waals surface area contributed by atoms with Crippen LogP contribution in [0.5, 0.6) is 11.5 Å². The van der Waals surface area contributed by atoms with E-state index in [0.29, 0.717) is 22.7 Å². The summed E-state index contributed by atoms with van der Waals surface area (Å²) in [6, 6.07) is 11.5. The first kappa shape index (κ1) is 17.3. The van der Waals surface area contributed by atoms with Gasteiger partial charge in [-0.25, -0.2) is 0 Å². The van der Waals surface area contributed by atoms with E-state index in [1.807, 2.05) is 0 Å². The predicted molar refractivity (Wildman–Crippen MR) is 89.5 cm³/mol. The first-order valence-electron chi connectivity index (χ1n) is 7.28. The average molecular weight is 330 g/mol. The zero-order valence-electron chi connectivity index (χ0n) is 13.6. The van der Waals surface area contributed by atoms with Gasteiger partial charge in [0.25, 0.3) is 11.6 Å². The molecule has 0 radical (unpaired) electrons. The molecule has 0 aromatic heterocycles. The van der Waals surface area contributed by atoms with E-state index >= 15 is 0 Å². The lowest BCUT2D eigenvalue weighted by Crippen LogP contribution is -2.30. The van der Waals surface area contributed by atoms with Crippen LogP contribution in [0.3, 0.4) is 0 Å². The Morgan fingerprint density at radius 1 is 1.17 bits per heavy atom. The summed E-state index contributed by atoms with van der Waals surface area (Å²) >= 11 is 0. The van der Waals surface area contributed by atoms with Crippen LogP contribution < -0.4 is 14.8 Å². The van der Waals surface area contributed by atoms with Gasteiger partial charge in [0, 0.05) is 6.07 Å². The molecule has 0 saturated carbocycles. The molecule has 0 aliphatic heterocycles. The van der Waals surface area contributed by atoms with Crippen molar-refractivity contribution in [2.75, 3.05) is 12.4 Å². The maximum absolute atomic E-state index is 12.3. The van der Waals surface area contributed by atoms with Gasteiger partial charge >= 0.3 is 0 Å². The Morgan fingerprint density at radius 2 is 1.83 bits per heavy atom. The molecule has 0 saturated heterocycles. The van der Waals surface area contributed by atoms with Gasteiger partial charge in [0.05, 0.1) is 23.3 Å². The number of rotatable bonds is 6. The van der Waals surface area contributed by atoms with Gasteiger partial charge in [0.1, 0.15) is 0 Å². The molecule has 126 valence electrons. The van der Waals surface area contributed by atoms with Crippen molar-refractivity contribution in [1.82, 2.24) is 0 Å². The fourth-order valence-corrected chi connectivity index (χ4v) is 2.15. The number of nitro benzene ring substituents is 1. The SMILES string of the molecule is COc1ccccc1O[C@@H](C)C(=O)Nc1cccc([N+](=O)[O-])c1C. The third-order valence-corrected chi connectivity index (χ3v) is 3.50. The van der Waals surface area contributed by atoms with E-state index in [-0.39, 0.29) is 5.69 Å². The summed E-state index contributed by atoms with van der Waals surface area (Å²) in [6.45, 7) is 3.17. The molecule has 0 spiro atoms. The van der Waals surface area contributed by atoms with Crippen molar-refractivity contribution in [2.45, 2.75) is 20.0 Å². The van der Waals surface area contributed by atoms with Gasteiger partial charge in [-0.3, -0.25) is 14.9 Å². The summed E-state index contributed by atoms with van der Waals surface area (Å²) in [4.78, 5) is 22.8. The lowest BCUT2D eigenvalue weighted by Gasteiger charge is -2.17. The van der Waals surface area contributed by atoms with Gasteiger partial charge in [-0.1, -0.05) is 18.2 Å². The van der Waals surface area contributed by atoms with Crippen LogP contribution in [0, 0.1) is 17.0 Å². The van der Waals surface area contributed by atoms with Crippen molar-refractivity contribution in [2.24, 2.45) is 0 Å². The number of ether oxygens (including phenoxy) is 2. The van der Waals surface area contributed by atoms with Crippen LogP contribution in [0.1, 0.15) is 12.5 Å². The highest BCUT2D eigenvalue weighted by molar-refractivity contribution is 5.95. The topological polar surface area (TPSA) is 90.7 Å². The van der Waals surface area contributed by atoms with E-state index in [9.17, 15) is 14.9 Å².